The molecule has 0 bridgehead atoms. The van der Waals surface area contributed by atoms with Crippen LogP contribution in [-0.2, 0) is 24.2 Å². The smallest absolute Gasteiger partial charge is 0.275 e. The highest BCUT2D eigenvalue weighted by atomic mass is 16.3. The van der Waals surface area contributed by atoms with E-state index in [4.69, 9.17) is 0 Å². The second-order valence-corrected chi connectivity index (χ2v) is 10.1. The molecule has 36 heavy (non-hydrogen) atoms. The van der Waals surface area contributed by atoms with Gasteiger partial charge in [-0.05, 0) is 61.4 Å². The molecule has 10 nitrogen and oxygen atoms in total. The summed E-state index contributed by atoms with van der Waals surface area (Å²) in [6, 6.07) is 7.43. The minimum atomic E-state index is -1.01. The van der Waals surface area contributed by atoms with Gasteiger partial charge in [0, 0.05) is 31.7 Å². The Morgan fingerprint density at radius 3 is 2.83 bits per heavy atom. The van der Waals surface area contributed by atoms with Gasteiger partial charge in [0.15, 0.2) is 5.82 Å². The highest BCUT2D eigenvalue weighted by molar-refractivity contribution is 6.02. The van der Waals surface area contributed by atoms with Crippen molar-refractivity contribution in [1.29, 1.82) is 0 Å². The van der Waals surface area contributed by atoms with Gasteiger partial charge >= 0.3 is 0 Å². The lowest BCUT2D eigenvalue weighted by Gasteiger charge is -2.30. The van der Waals surface area contributed by atoms with E-state index in [1.165, 1.54) is 0 Å². The van der Waals surface area contributed by atoms with E-state index in [-0.39, 0.29) is 23.4 Å². The van der Waals surface area contributed by atoms with Crippen LogP contribution in [0.25, 0.3) is 11.5 Å². The van der Waals surface area contributed by atoms with E-state index in [0.29, 0.717) is 49.3 Å². The zero-order chi connectivity index (χ0) is 25.4. The molecule has 5 heterocycles. The van der Waals surface area contributed by atoms with Crippen molar-refractivity contribution in [2.75, 3.05) is 11.9 Å². The van der Waals surface area contributed by atoms with Crippen molar-refractivity contribution < 1.29 is 14.7 Å². The first kappa shape index (κ1) is 24.1. The Kier molecular flexibility index (Phi) is 6.53. The molecule has 2 aliphatic heterocycles. The first-order valence-corrected chi connectivity index (χ1v) is 12.5. The van der Waals surface area contributed by atoms with Crippen LogP contribution in [0, 0.1) is 5.92 Å². The Morgan fingerprint density at radius 2 is 2.03 bits per heavy atom. The number of aliphatic hydroxyl groups is 1. The van der Waals surface area contributed by atoms with E-state index in [9.17, 15) is 14.7 Å². The zero-order valence-corrected chi connectivity index (χ0v) is 20.8. The quantitative estimate of drug-likeness (QED) is 0.545. The summed E-state index contributed by atoms with van der Waals surface area (Å²) >= 11 is 0. The average Bonchev–Trinajstić information content (AvgIpc) is 3.45. The summed E-state index contributed by atoms with van der Waals surface area (Å²) in [5, 5.41) is 21.7. The Bertz CT molecular complexity index is 1300. The van der Waals surface area contributed by atoms with Gasteiger partial charge in [0.25, 0.3) is 11.8 Å². The van der Waals surface area contributed by atoms with Crippen molar-refractivity contribution in [2.24, 2.45) is 5.92 Å². The predicted octanol–water partition coefficient (Wildman–Crippen LogP) is 2.79. The lowest BCUT2D eigenvalue weighted by atomic mass is 9.99. The van der Waals surface area contributed by atoms with E-state index < -0.39 is 6.10 Å². The highest BCUT2D eigenvalue weighted by Gasteiger charge is 2.28. The standard InChI is InChI=1S/C26H31N7O3/c1-15(2)11-21(34)26(36)32-10-9-17-13-27-20(12-18(17)14-32)25(35)29-22-6-4-5-19(28-22)24-31-30-23-8-7-16(3)33(23)24/h4-6,12-13,15-16,21,34H,7-11,14H2,1-3H3,(H,28,29,35)/t16-,21+/m1/s1. The topological polar surface area (TPSA) is 126 Å². The molecule has 5 rings (SSSR count). The van der Waals surface area contributed by atoms with Gasteiger partial charge in [-0.15, -0.1) is 10.2 Å². The predicted molar refractivity (Wildman–Crippen MR) is 133 cm³/mol. The Balaban J connectivity index is 1.30. The Morgan fingerprint density at radius 1 is 1.19 bits per heavy atom. The number of rotatable bonds is 6. The third-order valence-electron chi connectivity index (χ3n) is 6.83. The fourth-order valence-electron chi connectivity index (χ4n) is 4.92. The number of hydrogen-bond donors (Lipinski definition) is 2. The number of aliphatic hydroxyl groups excluding tert-OH is 1. The number of pyridine rings is 2. The number of carbonyl (C=O) groups is 2. The number of nitrogens with zero attached hydrogens (tertiary/aromatic N) is 6. The molecule has 0 aromatic carbocycles. The summed E-state index contributed by atoms with van der Waals surface area (Å²) in [6.07, 6.45) is 3.67. The lowest BCUT2D eigenvalue weighted by Crippen LogP contribution is -2.42. The van der Waals surface area contributed by atoms with Gasteiger partial charge in [-0.3, -0.25) is 14.6 Å². The summed E-state index contributed by atoms with van der Waals surface area (Å²) in [5.41, 5.74) is 2.76. The first-order chi connectivity index (χ1) is 17.3. The van der Waals surface area contributed by atoms with Gasteiger partial charge in [-0.2, -0.15) is 0 Å². The minimum Gasteiger partial charge on any atom is -0.383 e. The number of fused-ring (bicyclic) bond motifs is 2. The van der Waals surface area contributed by atoms with Crippen molar-refractivity contribution in [3.63, 3.8) is 0 Å². The van der Waals surface area contributed by atoms with Crippen LogP contribution < -0.4 is 5.32 Å². The van der Waals surface area contributed by atoms with Gasteiger partial charge < -0.3 is 19.9 Å². The molecule has 0 aliphatic carbocycles. The third kappa shape index (κ3) is 4.73. The van der Waals surface area contributed by atoms with Crippen LogP contribution in [0.2, 0.25) is 0 Å². The molecule has 0 spiro atoms. The summed E-state index contributed by atoms with van der Waals surface area (Å²) in [4.78, 5) is 36.3. The van der Waals surface area contributed by atoms with Crippen LogP contribution in [-0.4, -0.2) is 59.2 Å². The highest BCUT2D eigenvalue weighted by Crippen LogP contribution is 2.30. The molecule has 3 aromatic heterocycles. The van der Waals surface area contributed by atoms with Crippen LogP contribution in [0.4, 0.5) is 5.82 Å². The van der Waals surface area contributed by atoms with Crippen LogP contribution in [0.5, 0.6) is 0 Å². The molecule has 0 unspecified atom stereocenters. The average molecular weight is 490 g/mol. The van der Waals surface area contributed by atoms with Crippen molar-refractivity contribution in [3.05, 3.63) is 53.1 Å². The molecular formula is C26H31N7O3. The number of carbonyl (C=O) groups excluding carboxylic acids is 2. The lowest BCUT2D eigenvalue weighted by molar-refractivity contribution is -0.141. The van der Waals surface area contributed by atoms with Crippen LogP contribution in [0.3, 0.4) is 0 Å². The molecule has 3 aromatic rings. The molecule has 0 saturated carbocycles. The largest absolute Gasteiger partial charge is 0.383 e. The third-order valence-corrected chi connectivity index (χ3v) is 6.83. The van der Waals surface area contributed by atoms with Crippen molar-refractivity contribution in [1.82, 2.24) is 29.6 Å². The molecule has 188 valence electrons. The minimum absolute atomic E-state index is 0.224. The maximum Gasteiger partial charge on any atom is 0.275 e. The van der Waals surface area contributed by atoms with Gasteiger partial charge in [-0.1, -0.05) is 19.9 Å². The monoisotopic (exact) mass is 489 g/mol. The van der Waals surface area contributed by atoms with Crippen molar-refractivity contribution >= 4 is 17.6 Å². The van der Waals surface area contributed by atoms with Crippen LogP contribution in [0.15, 0.2) is 30.5 Å². The second-order valence-electron chi connectivity index (χ2n) is 10.1. The van der Waals surface area contributed by atoms with Crippen molar-refractivity contribution in [3.8, 4) is 11.5 Å². The SMILES string of the molecule is CC(C)C[C@H](O)C(=O)N1CCc2cnc(C(=O)Nc3cccc(-c4nnc5n4[C@H](C)CC5)n3)cc2C1. The van der Waals surface area contributed by atoms with E-state index in [1.807, 2.05) is 26.0 Å². The summed E-state index contributed by atoms with van der Waals surface area (Å²) in [7, 11) is 0. The molecule has 2 amide bonds. The summed E-state index contributed by atoms with van der Waals surface area (Å²) < 4.78 is 2.10. The van der Waals surface area contributed by atoms with E-state index in [2.05, 4.69) is 37.0 Å². The number of amides is 2. The molecule has 0 fully saturated rings. The molecular weight excluding hydrogens is 458 g/mol. The summed E-state index contributed by atoms with van der Waals surface area (Å²) in [6.45, 7) is 6.95. The molecule has 2 N–H and O–H groups in total. The molecule has 2 atom stereocenters. The fraction of sp³-hybridized carbons (Fsp3) is 0.462. The molecule has 0 saturated heterocycles. The summed E-state index contributed by atoms with van der Waals surface area (Å²) in [5.74, 6) is 1.62. The Hall–Kier alpha value is -3.66. The van der Waals surface area contributed by atoms with Gasteiger partial charge in [0.2, 0.25) is 0 Å². The molecule has 2 aliphatic rings. The van der Waals surface area contributed by atoms with Crippen molar-refractivity contribution in [2.45, 2.75) is 65.1 Å². The normalized spacial score (nSPS) is 17.6. The van der Waals surface area contributed by atoms with Crippen LogP contribution >= 0.6 is 0 Å². The maximum absolute atomic E-state index is 13.0. The molecule has 10 heteroatoms. The number of aromatic nitrogens is 5. The van der Waals surface area contributed by atoms with Gasteiger partial charge in [-0.25, -0.2) is 4.98 Å². The van der Waals surface area contributed by atoms with E-state index in [1.54, 1.807) is 23.2 Å². The molecule has 0 radical (unpaired) electrons. The Labute approximate surface area is 209 Å². The second kappa shape index (κ2) is 9.77. The van der Waals surface area contributed by atoms with Gasteiger partial charge in [0.1, 0.15) is 29.1 Å². The maximum atomic E-state index is 13.0. The number of nitrogens with one attached hydrogen (secondary N) is 1. The van der Waals surface area contributed by atoms with Gasteiger partial charge in [0.05, 0.1) is 0 Å². The zero-order valence-electron chi connectivity index (χ0n) is 20.8. The fourth-order valence-corrected chi connectivity index (χ4v) is 4.92. The number of anilines is 1. The van der Waals surface area contributed by atoms with Crippen LogP contribution in [0.1, 0.15) is 67.1 Å². The van der Waals surface area contributed by atoms with E-state index >= 15 is 0 Å². The number of hydrogen-bond acceptors (Lipinski definition) is 7. The number of aryl methyl sites for hydroxylation is 1. The van der Waals surface area contributed by atoms with E-state index in [0.717, 1.165) is 29.8 Å². The first-order valence-electron chi connectivity index (χ1n) is 12.5.